The Bertz CT molecular complexity index is 693. The lowest BCUT2D eigenvalue weighted by molar-refractivity contribution is 0.0960. The van der Waals surface area contributed by atoms with Crippen molar-refractivity contribution in [2.24, 2.45) is 9.98 Å². The Hall–Kier alpha value is -2.83. The van der Waals surface area contributed by atoms with Crippen molar-refractivity contribution in [3.63, 3.8) is 0 Å². The van der Waals surface area contributed by atoms with Crippen molar-refractivity contribution in [1.82, 2.24) is 10.6 Å². The molecular formula is C16H17FN4O2. The van der Waals surface area contributed by atoms with Crippen molar-refractivity contribution in [2.75, 3.05) is 0 Å². The van der Waals surface area contributed by atoms with Gasteiger partial charge in [-0.3, -0.25) is 20.4 Å². The van der Waals surface area contributed by atoms with Crippen LogP contribution in [0.5, 0.6) is 0 Å². The van der Waals surface area contributed by atoms with Gasteiger partial charge < -0.3 is 0 Å². The zero-order valence-corrected chi connectivity index (χ0v) is 12.7. The van der Waals surface area contributed by atoms with Gasteiger partial charge in [0.15, 0.2) is 5.82 Å². The number of carbonyl (C=O) groups excluding carboxylic acids is 2. The number of halogens is 1. The van der Waals surface area contributed by atoms with Crippen LogP contribution in [0.2, 0.25) is 0 Å². The Morgan fingerprint density at radius 3 is 2.65 bits per heavy atom. The average molecular weight is 316 g/mol. The van der Waals surface area contributed by atoms with Crippen LogP contribution < -0.4 is 10.6 Å². The van der Waals surface area contributed by atoms with Gasteiger partial charge in [-0.25, -0.2) is 14.2 Å². The molecular weight excluding hydrogens is 299 g/mol. The molecule has 0 aliphatic heterocycles. The van der Waals surface area contributed by atoms with E-state index >= 15 is 0 Å². The van der Waals surface area contributed by atoms with Crippen LogP contribution in [-0.2, 0) is 0 Å². The largest absolute Gasteiger partial charge is 0.327 e. The minimum absolute atomic E-state index is 0.0675. The van der Waals surface area contributed by atoms with E-state index < -0.39 is 17.8 Å². The fraction of sp³-hybridized carbons (Fsp3) is 0.250. The summed E-state index contributed by atoms with van der Waals surface area (Å²) in [5.74, 6) is -1.02. The number of carbonyl (C=O) groups is 2. The summed E-state index contributed by atoms with van der Waals surface area (Å²) in [4.78, 5) is 31.0. The molecule has 0 radical (unpaired) electrons. The second-order valence-corrected chi connectivity index (χ2v) is 5.00. The van der Waals surface area contributed by atoms with Crippen molar-refractivity contribution < 1.29 is 14.0 Å². The number of rotatable bonds is 5. The normalized spacial score (nSPS) is 14.6. The van der Waals surface area contributed by atoms with Crippen LogP contribution >= 0.6 is 0 Å². The third-order valence-electron chi connectivity index (χ3n) is 3.27. The highest BCUT2D eigenvalue weighted by Gasteiger charge is 2.25. The molecule has 0 bridgehead atoms. The summed E-state index contributed by atoms with van der Waals surface area (Å²) in [6.45, 7) is 4.96. The molecule has 1 saturated carbocycles. The van der Waals surface area contributed by atoms with E-state index in [1.54, 1.807) is 13.0 Å². The van der Waals surface area contributed by atoms with Gasteiger partial charge in [-0.15, -0.1) is 0 Å². The van der Waals surface area contributed by atoms with Crippen molar-refractivity contribution in [2.45, 2.75) is 25.7 Å². The van der Waals surface area contributed by atoms with Crippen LogP contribution in [0.15, 0.2) is 40.2 Å². The van der Waals surface area contributed by atoms with E-state index in [0.717, 1.165) is 18.4 Å². The Kier molecular flexibility index (Phi) is 5.35. The van der Waals surface area contributed by atoms with Crippen LogP contribution in [0.4, 0.5) is 9.18 Å². The van der Waals surface area contributed by atoms with Gasteiger partial charge in [0.2, 0.25) is 0 Å². The van der Waals surface area contributed by atoms with E-state index in [4.69, 9.17) is 0 Å². The lowest BCUT2D eigenvalue weighted by Gasteiger charge is -2.08. The van der Waals surface area contributed by atoms with Crippen molar-refractivity contribution in [3.05, 3.63) is 47.2 Å². The maximum Gasteiger partial charge on any atom is 0.327 e. The van der Waals surface area contributed by atoms with E-state index in [0.29, 0.717) is 5.92 Å². The van der Waals surface area contributed by atoms with Crippen LogP contribution in [-0.4, -0.2) is 24.9 Å². The number of aliphatic imine (C=N–C) groups is 2. The quantitative estimate of drug-likeness (QED) is 0.819. The second-order valence-electron chi connectivity index (χ2n) is 5.00. The number of hydrogen-bond donors (Lipinski definition) is 2. The molecule has 1 aliphatic carbocycles. The minimum atomic E-state index is -0.842. The Balaban J connectivity index is 2.00. The molecule has 1 aromatic carbocycles. The van der Waals surface area contributed by atoms with Crippen LogP contribution in [0.25, 0.3) is 0 Å². The fourth-order valence-electron chi connectivity index (χ4n) is 1.96. The molecule has 0 saturated heterocycles. The highest BCUT2D eigenvalue weighted by Crippen LogP contribution is 2.40. The molecule has 1 aliphatic rings. The summed E-state index contributed by atoms with van der Waals surface area (Å²) in [5.41, 5.74) is 0.690. The standard InChI is InChI=1S/C16H17FN4O2/c1-3-19-9-14(18-2)20-16(23)21-15(22)12-7-6-11(8-13(12)17)10-4-5-10/h3,6-10H,2,4-5H2,1H3,(H2,20,21,22,23)/b14-9+,19-3-. The molecule has 0 aromatic heterocycles. The van der Waals surface area contributed by atoms with Gasteiger partial charge in [0.1, 0.15) is 5.82 Å². The third-order valence-corrected chi connectivity index (χ3v) is 3.27. The Morgan fingerprint density at radius 2 is 2.09 bits per heavy atom. The van der Waals surface area contributed by atoms with Gasteiger partial charge in [0, 0.05) is 6.21 Å². The topological polar surface area (TPSA) is 82.9 Å². The van der Waals surface area contributed by atoms with Gasteiger partial charge in [-0.1, -0.05) is 6.07 Å². The fourth-order valence-corrected chi connectivity index (χ4v) is 1.96. The molecule has 0 unspecified atom stereocenters. The molecule has 1 fully saturated rings. The highest BCUT2D eigenvalue weighted by atomic mass is 19.1. The summed E-state index contributed by atoms with van der Waals surface area (Å²) in [5, 5.41) is 4.32. The first kappa shape index (κ1) is 16.5. The first-order valence-corrected chi connectivity index (χ1v) is 7.11. The van der Waals surface area contributed by atoms with Gasteiger partial charge >= 0.3 is 6.03 Å². The highest BCUT2D eigenvalue weighted by molar-refractivity contribution is 6.04. The number of hydrogen-bond acceptors (Lipinski definition) is 4. The SMILES string of the molecule is C=N/C(=C\N=C/C)NC(=O)NC(=O)c1ccc(C2CC2)cc1F. The predicted molar refractivity (Wildman–Crippen MR) is 86.2 cm³/mol. The molecule has 1 aromatic rings. The summed E-state index contributed by atoms with van der Waals surface area (Å²) in [7, 11) is 0. The number of nitrogens with zero attached hydrogens (tertiary/aromatic N) is 2. The zero-order valence-electron chi connectivity index (χ0n) is 12.7. The minimum Gasteiger partial charge on any atom is -0.291 e. The number of imide groups is 1. The van der Waals surface area contributed by atoms with Gasteiger partial charge in [-0.05, 0) is 50.1 Å². The number of benzene rings is 1. The van der Waals surface area contributed by atoms with E-state index in [1.807, 2.05) is 5.32 Å². The van der Waals surface area contributed by atoms with Crippen molar-refractivity contribution in [1.29, 1.82) is 0 Å². The number of nitrogens with one attached hydrogen (secondary N) is 2. The van der Waals surface area contributed by atoms with Gasteiger partial charge in [0.25, 0.3) is 5.91 Å². The van der Waals surface area contributed by atoms with E-state index in [1.165, 1.54) is 24.5 Å². The van der Waals surface area contributed by atoms with E-state index in [2.05, 4.69) is 22.0 Å². The summed E-state index contributed by atoms with van der Waals surface area (Å²) < 4.78 is 14.0. The zero-order chi connectivity index (χ0) is 16.8. The molecule has 7 heteroatoms. The lowest BCUT2D eigenvalue weighted by Crippen LogP contribution is -2.39. The molecule has 120 valence electrons. The maximum atomic E-state index is 14.0. The first-order chi connectivity index (χ1) is 11.0. The summed E-state index contributed by atoms with van der Waals surface area (Å²) >= 11 is 0. The van der Waals surface area contributed by atoms with Crippen molar-refractivity contribution in [3.8, 4) is 0 Å². The van der Waals surface area contributed by atoms with Gasteiger partial charge in [0.05, 0.1) is 11.8 Å². The smallest absolute Gasteiger partial charge is 0.291 e. The molecule has 23 heavy (non-hydrogen) atoms. The Labute approximate surface area is 133 Å². The maximum absolute atomic E-state index is 14.0. The third kappa shape index (κ3) is 4.57. The molecule has 3 amide bonds. The molecule has 2 N–H and O–H groups in total. The summed E-state index contributed by atoms with van der Waals surface area (Å²) in [6, 6.07) is 3.60. The second kappa shape index (κ2) is 7.44. The number of urea groups is 1. The molecule has 0 spiro atoms. The summed E-state index contributed by atoms with van der Waals surface area (Å²) in [6.07, 6.45) is 4.84. The van der Waals surface area contributed by atoms with Crippen LogP contribution in [0, 0.1) is 5.82 Å². The molecule has 2 rings (SSSR count). The first-order valence-electron chi connectivity index (χ1n) is 7.11. The number of amides is 3. The predicted octanol–water partition coefficient (Wildman–Crippen LogP) is 2.73. The van der Waals surface area contributed by atoms with Crippen molar-refractivity contribution >= 4 is 24.9 Å². The van der Waals surface area contributed by atoms with Crippen LogP contribution in [0.1, 0.15) is 41.6 Å². The van der Waals surface area contributed by atoms with E-state index in [-0.39, 0.29) is 11.4 Å². The molecule has 0 atom stereocenters. The Morgan fingerprint density at radius 1 is 1.35 bits per heavy atom. The van der Waals surface area contributed by atoms with Gasteiger partial charge in [-0.2, -0.15) is 0 Å². The molecule has 0 heterocycles. The molecule has 6 nitrogen and oxygen atoms in total. The van der Waals surface area contributed by atoms with Crippen LogP contribution in [0.3, 0.4) is 0 Å². The average Bonchev–Trinajstić information content (AvgIpc) is 3.35. The lowest BCUT2D eigenvalue weighted by atomic mass is 10.1. The van der Waals surface area contributed by atoms with E-state index in [9.17, 15) is 14.0 Å². The monoisotopic (exact) mass is 316 g/mol.